The molecular weight excluding hydrogens is 315 g/mol. The van der Waals surface area contributed by atoms with Gasteiger partial charge < -0.3 is 10.1 Å². The third kappa shape index (κ3) is 3.87. The summed E-state index contributed by atoms with van der Waals surface area (Å²) < 4.78 is 42.2. The molecule has 23 heavy (non-hydrogen) atoms. The topological polar surface area (TPSA) is 84.1 Å². The highest BCUT2D eigenvalue weighted by molar-refractivity contribution is 6.07. The normalized spacial score (nSPS) is 11.1. The van der Waals surface area contributed by atoms with Gasteiger partial charge in [-0.05, 0) is 31.2 Å². The minimum atomic E-state index is -4.48. The fourth-order valence-corrected chi connectivity index (χ4v) is 1.74. The van der Waals surface area contributed by atoms with E-state index in [4.69, 9.17) is 4.74 Å². The number of amides is 1. The van der Waals surface area contributed by atoms with Crippen LogP contribution < -0.4 is 5.32 Å². The van der Waals surface area contributed by atoms with Crippen molar-refractivity contribution in [2.75, 3.05) is 11.9 Å². The van der Waals surface area contributed by atoms with Crippen molar-refractivity contribution in [3.63, 3.8) is 0 Å². The van der Waals surface area contributed by atoms with E-state index in [-0.39, 0.29) is 23.6 Å². The second-order valence-corrected chi connectivity index (χ2v) is 4.41. The molecule has 1 amide bonds. The number of nitrogens with zero attached hydrogens (tertiary/aromatic N) is 1. The van der Waals surface area contributed by atoms with Crippen molar-refractivity contribution in [2.24, 2.45) is 0 Å². The zero-order valence-corrected chi connectivity index (χ0v) is 11.9. The number of rotatable bonds is 4. The summed E-state index contributed by atoms with van der Waals surface area (Å²) in [5.41, 5.74) is -0.836. The molecule has 0 atom stereocenters. The fourth-order valence-electron chi connectivity index (χ4n) is 1.74. The van der Waals surface area contributed by atoms with Crippen LogP contribution in [0.25, 0.3) is 0 Å². The van der Waals surface area contributed by atoms with Crippen molar-refractivity contribution in [3.8, 4) is 0 Å². The Kier molecular flexibility index (Phi) is 4.68. The Hall–Kier alpha value is -2.84. The van der Waals surface area contributed by atoms with Crippen LogP contribution in [0.3, 0.4) is 0 Å². The van der Waals surface area contributed by atoms with Crippen molar-refractivity contribution in [3.05, 3.63) is 47.2 Å². The molecule has 0 unspecified atom stereocenters. The van der Waals surface area contributed by atoms with E-state index in [0.29, 0.717) is 0 Å². The Bertz CT molecular complexity index is 708. The number of H-pyrrole nitrogens is 1. The molecule has 1 aromatic heterocycles. The van der Waals surface area contributed by atoms with Crippen molar-refractivity contribution in [1.29, 1.82) is 0 Å². The molecule has 2 rings (SSSR count). The first-order valence-electron chi connectivity index (χ1n) is 6.52. The summed E-state index contributed by atoms with van der Waals surface area (Å²) in [6, 6.07) is 3.68. The van der Waals surface area contributed by atoms with Gasteiger partial charge in [-0.15, -0.1) is 0 Å². The minimum Gasteiger partial charge on any atom is -0.462 e. The first-order valence-corrected chi connectivity index (χ1v) is 6.52. The van der Waals surface area contributed by atoms with Crippen LogP contribution in [0, 0.1) is 0 Å². The lowest BCUT2D eigenvalue weighted by molar-refractivity contribution is -0.137. The maximum Gasteiger partial charge on any atom is 0.416 e. The van der Waals surface area contributed by atoms with Crippen LogP contribution in [-0.2, 0) is 10.9 Å². The van der Waals surface area contributed by atoms with Crippen molar-refractivity contribution >= 4 is 17.7 Å². The van der Waals surface area contributed by atoms with Crippen LogP contribution in [-0.4, -0.2) is 28.7 Å². The second-order valence-electron chi connectivity index (χ2n) is 4.41. The molecule has 122 valence electrons. The van der Waals surface area contributed by atoms with Gasteiger partial charge in [-0.1, -0.05) is 0 Å². The summed E-state index contributed by atoms with van der Waals surface area (Å²) in [6.07, 6.45) is -3.30. The van der Waals surface area contributed by atoms with Crippen LogP contribution in [0.2, 0.25) is 0 Å². The third-order valence-corrected chi connectivity index (χ3v) is 2.85. The Balaban J connectivity index is 2.14. The summed E-state index contributed by atoms with van der Waals surface area (Å²) in [6.45, 7) is 1.77. The number of halogens is 3. The van der Waals surface area contributed by atoms with Crippen LogP contribution in [0.15, 0.2) is 30.5 Å². The monoisotopic (exact) mass is 327 g/mol. The first-order chi connectivity index (χ1) is 10.8. The van der Waals surface area contributed by atoms with Gasteiger partial charge in [-0.25, -0.2) is 4.79 Å². The first kappa shape index (κ1) is 16.5. The van der Waals surface area contributed by atoms with Gasteiger partial charge in [-0.2, -0.15) is 18.3 Å². The number of alkyl halides is 3. The largest absolute Gasteiger partial charge is 0.462 e. The van der Waals surface area contributed by atoms with E-state index in [1.54, 1.807) is 6.92 Å². The van der Waals surface area contributed by atoms with E-state index < -0.39 is 23.6 Å². The molecule has 1 heterocycles. The Morgan fingerprint density at radius 3 is 2.48 bits per heavy atom. The molecule has 0 aliphatic rings. The van der Waals surface area contributed by atoms with Crippen LogP contribution in [0.1, 0.15) is 33.2 Å². The molecule has 6 nitrogen and oxygen atoms in total. The maximum absolute atomic E-state index is 12.5. The summed E-state index contributed by atoms with van der Waals surface area (Å²) in [4.78, 5) is 23.7. The number of ether oxygens (including phenoxy) is 1. The highest BCUT2D eigenvalue weighted by Gasteiger charge is 2.30. The van der Waals surface area contributed by atoms with E-state index in [0.717, 1.165) is 24.3 Å². The van der Waals surface area contributed by atoms with Gasteiger partial charge in [0.1, 0.15) is 11.4 Å². The predicted octanol–water partition coefficient (Wildman–Crippen LogP) is 2.86. The van der Waals surface area contributed by atoms with Crippen LogP contribution in [0.4, 0.5) is 19.0 Å². The number of carbonyl (C=O) groups excluding carboxylic acids is 2. The molecule has 0 radical (unpaired) electrons. The summed E-state index contributed by atoms with van der Waals surface area (Å²) >= 11 is 0. The van der Waals surface area contributed by atoms with Gasteiger partial charge in [0.2, 0.25) is 0 Å². The number of aromatic amines is 1. The minimum absolute atomic E-state index is 0.00223. The van der Waals surface area contributed by atoms with Crippen molar-refractivity contribution < 1.29 is 27.5 Å². The lowest BCUT2D eigenvalue weighted by Crippen LogP contribution is -2.16. The average molecular weight is 327 g/mol. The fraction of sp³-hybridized carbons (Fsp3) is 0.214. The van der Waals surface area contributed by atoms with Crippen molar-refractivity contribution in [1.82, 2.24) is 10.2 Å². The molecule has 9 heteroatoms. The SMILES string of the molecule is CCOC(=O)c1cn[nH]c1NC(=O)c1ccc(C(F)(F)F)cc1. The van der Waals surface area contributed by atoms with E-state index in [2.05, 4.69) is 15.5 Å². The summed E-state index contributed by atoms with van der Waals surface area (Å²) in [5, 5.41) is 8.41. The molecule has 0 aliphatic carbocycles. The molecule has 0 spiro atoms. The lowest BCUT2D eigenvalue weighted by Gasteiger charge is -2.08. The lowest BCUT2D eigenvalue weighted by atomic mass is 10.1. The third-order valence-electron chi connectivity index (χ3n) is 2.85. The molecule has 0 aliphatic heterocycles. The highest BCUT2D eigenvalue weighted by Crippen LogP contribution is 2.29. The van der Waals surface area contributed by atoms with Gasteiger partial charge in [0.05, 0.1) is 18.4 Å². The molecule has 0 saturated heterocycles. The number of carbonyl (C=O) groups is 2. The average Bonchev–Trinajstić information content (AvgIpc) is 2.95. The summed E-state index contributed by atoms with van der Waals surface area (Å²) in [5.74, 6) is -1.36. The number of benzene rings is 1. The predicted molar refractivity (Wildman–Crippen MR) is 73.9 cm³/mol. The Morgan fingerprint density at radius 1 is 1.26 bits per heavy atom. The van der Waals surface area contributed by atoms with E-state index >= 15 is 0 Å². The zero-order valence-electron chi connectivity index (χ0n) is 11.9. The molecule has 0 saturated carbocycles. The van der Waals surface area contributed by atoms with Gasteiger partial charge >= 0.3 is 12.1 Å². The maximum atomic E-state index is 12.5. The molecule has 2 N–H and O–H groups in total. The number of aromatic nitrogens is 2. The Morgan fingerprint density at radius 2 is 1.91 bits per heavy atom. The van der Waals surface area contributed by atoms with Gasteiger partial charge in [0, 0.05) is 5.56 Å². The number of nitrogens with one attached hydrogen (secondary N) is 2. The van der Waals surface area contributed by atoms with E-state index in [1.165, 1.54) is 6.20 Å². The van der Waals surface area contributed by atoms with Crippen molar-refractivity contribution in [2.45, 2.75) is 13.1 Å². The smallest absolute Gasteiger partial charge is 0.416 e. The summed E-state index contributed by atoms with van der Waals surface area (Å²) in [7, 11) is 0. The number of esters is 1. The Labute approximate surface area is 128 Å². The quantitative estimate of drug-likeness (QED) is 0.846. The molecule has 1 aromatic carbocycles. The van der Waals surface area contributed by atoms with Crippen LogP contribution in [0.5, 0.6) is 0 Å². The van der Waals surface area contributed by atoms with Crippen LogP contribution >= 0.6 is 0 Å². The van der Waals surface area contributed by atoms with Gasteiger partial charge in [-0.3, -0.25) is 9.89 Å². The molecule has 2 aromatic rings. The number of hydrogen-bond acceptors (Lipinski definition) is 4. The van der Waals surface area contributed by atoms with E-state index in [9.17, 15) is 22.8 Å². The van der Waals surface area contributed by atoms with E-state index in [1.807, 2.05) is 0 Å². The molecule has 0 bridgehead atoms. The van der Waals surface area contributed by atoms with Gasteiger partial charge in [0.25, 0.3) is 5.91 Å². The number of hydrogen-bond donors (Lipinski definition) is 2. The molecular formula is C14H12F3N3O3. The molecule has 0 fully saturated rings. The number of anilines is 1. The highest BCUT2D eigenvalue weighted by atomic mass is 19.4. The second kappa shape index (κ2) is 6.51. The zero-order chi connectivity index (χ0) is 17.0. The standard InChI is InChI=1S/C14H12F3N3O3/c1-2-23-13(22)10-7-18-20-11(10)19-12(21)8-3-5-9(6-4-8)14(15,16)17/h3-7H,2H2,1H3,(H2,18,19,20,21). The van der Waals surface area contributed by atoms with Gasteiger partial charge in [0.15, 0.2) is 0 Å².